The van der Waals surface area contributed by atoms with Gasteiger partial charge in [0.2, 0.25) is 0 Å². The van der Waals surface area contributed by atoms with Crippen LogP contribution >= 0.6 is 22.9 Å². The van der Waals surface area contributed by atoms with E-state index in [1.54, 1.807) is 0 Å². The van der Waals surface area contributed by atoms with Gasteiger partial charge in [0, 0.05) is 28.7 Å². The second-order valence-electron chi connectivity index (χ2n) is 4.27. The summed E-state index contributed by atoms with van der Waals surface area (Å²) in [5.74, 6) is 1.54. The number of halogens is 1. The van der Waals surface area contributed by atoms with E-state index in [1.807, 2.05) is 11.3 Å². The molecule has 3 heteroatoms. The third-order valence-corrected chi connectivity index (χ3v) is 4.68. The van der Waals surface area contributed by atoms with E-state index in [-0.39, 0.29) is 0 Å². The summed E-state index contributed by atoms with van der Waals surface area (Å²) in [7, 11) is 0. The summed E-state index contributed by atoms with van der Waals surface area (Å²) < 4.78 is 0. The molecule has 1 saturated heterocycles. The maximum atomic E-state index is 5.88. The van der Waals surface area contributed by atoms with Gasteiger partial charge in [0.1, 0.15) is 0 Å². The zero-order valence-electron chi connectivity index (χ0n) is 9.21. The van der Waals surface area contributed by atoms with Crippen molar-refractivity contribution in [2.75, 3.05) is 19.0 Å². The smallest absolute Gasteiger partial charge is 0.0328 e. The minimum Gasteiger partial charge on any atom is -0.298 e. The number of rotatable bonds is 4. The Morgan fingerprint density at radius 2 is 2.27 bits per heavy atom. The average molecular weight is 244 g/mol. The lowest BCUT2D eigenvalue weighted by Gasteiger charge is -2.13. The molecule has 2 rings (SSSR count). The first-order valence-electron chi connectivity index (χ1n) is 5.67. The minimum absolute atomic E-state index is 0.720. The molecule has 0 bridgehead atoms. The highest BCUT2D eigenvalue weighted by Gasteiger charge is 2.21. The molecule has 1 atom stereocenters. The van der Waals surface area contributed by atoms with Crippen molar-refractivity contribution in [2.45, 2.75) is 26.3 Å². The molecule has 84 valence electrons. The number of thiophene rings is 1. The SMILES string of the molecule is CCc1ccc(CN2CCC(CCl)C2)s1. The number of hydrogen-bond donors (Lipinski definition) is 0. The van der Waals surface area contributed by atoms with Crippen LogP contribution in [0.5, 0.6) is 0 Å². The number of aryl methyl sites for hydroxylation is 1. The lowest BCUT2D eigenvalue weighted by Crippen LogP contribution is -2.19. The Kier molecular flexibility index (Phi) is 4.06. The highest BCUT2D eigenvalue weighted by molar-refractivity contribution is 7.11. The van der Waals surface area contributed by atoms with Crippen LogP contribution in [-0.4, -0.2) is 23.9 Å². The summed E-state index contributed by atoms with van der Waals surface area (Å²) in [6.45, 7) is 5.74. The first-order chi connectivity index (χ1) is 7.31. The van der Waals surface area contributed by atoms with E-state index >= 15 is 0 Å². The molecule has 0 aliphatic carbocycles. The van der Waals surface area contributed by atoms with Crippen LogP contribution in [0.1, 0.15) is 23.1 Å². The van der Waals surface area contributed by atoms with Crippen LogP contribution in [0, 0.1) is 5.92 Å². The summed E-state index contributed by atoms with van der Waals surface area (Å²) in [6, 6.07) is 4.53. The zero-order chi connectivity index (χ0) is 10.7. The Labute approximate surface area is 101 Å². The number of likely N-dealkylation sites (tertiary alicyclic amines) is 1. The molecule has 1 aromatic rings. The van der Waals surface area contributed by atoms with Gasteiger partial charge in [-0.2, -0.15) is 0 Å². The average Bonchev–Trinajstić information content (AvgIpc) is 2.87. The van der Waals surface area contributed by atoms with Crippen molar-refractivity contribution in [2.24, 2.45) is 5.92 Å². The summed E-state index contributed by atoms with van der Waals surface area (Å²) in [5, 5.41) is 0. The van der Waals surface area contributed by atoms with Crippen molar-refractivity contribution in [3.8, 4) is 0 Å². The molecular weight excluding hydrogens is 226 g/mol. The van der Waals surface area contributed by atoms with Gasteiger partial charge in [0.25, 0.3) is 0 Å². The first-order valence-corrected chi connectivity index (χ1v) is 7.02. The highest BCUT2D eigenvalue weighted by atomic mass is 35.5. The van der Waals surface area contributed by atoms with E-state index in [2.05, 4.69) is 24.0 Å². The first kappa shape index (κ1) is 11.4. The summed E-state index contributed by atoms with van der Waals surface area (Å²) in [6.07, 6.45) is 2.44. The van der Waals surface area contributed by atoms with Crippen LogP contribution in [-0.2, 0) is 13.0 Å². The molecule has 0 spiro atoms. The Balaban J connectivity index is 1.87. The number of nitrogens with zero attached hydrogens (tertiary/aromatic N) is 1. The normalized spacial score (nSPS) is 22.4. The second-order valence-corrected chi connectivity index (χ2v) is 5.83. The van der Waals surface area contributed by atoms with Gasteiger partial charge in [-0.05, 0) is 37.4 Å². The molecule has 0 N–H and O–H groups in total. The molecular formula is C12H18ClNS. The van der Waals surface area contributed by atoms with Crippen LogP contribution in [0.25, 0.3) is 0 Å². The van der Waals surface area contributed by atoms with Crippen molar-refractivity contribution in [1.29, 1.82) is 0 Å². The van der Waals surface area contributed by atoms with Crippen LogP contribution in [0.3, 0.4) is 0 Å². The lowest BCUT2D eigenvalue weighted by molar-refractivity contribution is 0.324. The van der Waals surface area contributed by atoms with Crippen molar-refractivity contribution < 1.29 is 0 Å². The van der Waals surface area contributed by atoms with Gasteiger partial charge >= 0.3 is 0 Å². The molecule has 1 aliphatic heterocycles. The van der Waals surface area contributed by atoms with Crippen LogP contribution < -0.4 is 0 Å². The molecule has 1 aliphatic rings. The van der Waals surface area contributed by atoms with E-state index < -0.39 is 0 Å². The Hall–Kier alpha value is -0.0500. The van der Waals surface area contributed by atoms with E-state index in [9.17, 15) is 0 Å². The zero-order valence-corrected chi connectivity index (χ0v) is 10.8. The van der Waals surface area contributed by atoms with Crippen LogP contribution in [0.4, 0.5) is 0 Å². The van der Waals surface area contributed by atoms with Gasteiger partial charge in [-0.25, -0.2) is 0 Å². The third-order valence-electron chi connectivity index (χ3n) is 3.03. The number of hydrogen-bond acceptors (Lipinski definition) is 2. The third kappa shape index (κ3) is 2.96. The van der Waals surface area contributed by atoms with Gasteiger partial charge in [-0.1, -0.05) is 6.92 Å². The summed E-state index contributed by atoms with van der Waals surface area (Å²) in [5.41, 5.74) is 0. The maximum absolute atomic E-state index is 5.88. The molecule has 0 amide bonds. The molecule has 15 heavy (non-hydrogen) atoms. The largest absolute Gasteiger partial charge is 0.298 e. The Bertz CT molecular complexity index is 310. The number of alkyl halides is 1. The van der Waals surface area contributed by atoms with Crippen LogP contribution in [0.2, 0.25) is 0 Å². The summed E-state index contributed by atoms with van der Waals surface area (Å²) >= 11 is 7.83. The van der Waals surface area contributed by atoms with Gasteiger partial charge in [0.05, 0.1) is 0 Å². The molecule has 0 radical (unpaired) electrons. The van der Waals surface area contributed by atoms with Gasteiger partial charge in [-0.15, -0.1) is 22.9 Å². The lowest BCUT2D eigenvalue weighted by atomic mass is 10.2. The second kappa shape index (κ2) is 5.33. The molecule has 1 unspecified atom stereocenters. The standard InChI is InChI=1S/C12H18ClNS/c1-2-11-3-4-12(15-11)9-14-6-5-10(7-13)8-14/h3-4,10H,2,5-9H2,1H3. The monoisotopic (exact) mass is 243 g/mol. The van der Waals surface area contributed by atoms with Crippen molar-refractivity contribution >= 4 is 22.9 Å². The Morgan fingerprint density at radius 1 is 1.47 bits per heavy atom. The molecule has 2 heterocycles. The Morgan fingerprint density at radius 3 is 2.87 bits per heavy atom. The highest BCUT2D eigenvalue weighted by Crippen LogP contribution is 2.23. The van der Waals surface area contributed by atoms with Crippen molar-refractivity contribution in [1.82, 2.24) is 4.90 Å². The van der Waals surface area contributed by atoms with Gasteiger partial charge < -0.3 is 0 Å². The van der Waals surface area contributed by atoms with Gasteiger partial charge in [0.15, 0.2) is 0 Å². The molecule has 1 aromatic heterocycles. The van der Waals surface area contributed by atoms with E-state index in [1.165, 1.54) is 29.3 Å². The van der Waals surface area contributed by atoms with E-state index in [0.29, 0.717) is 0 Å². The predicted octanol–water partition coefficient (Wildman–Crippen LogP) is 3.37. The fourth-order valence-electron chi connectivity index (χ4n) is 2.10. The van der Waals surface area contributed by atoms with Crippen LogP contribution in [0.15, 0.2) is 12.1 Å². The van der Waals surface area contributed by atoms with Crippen molar-refractivity contribution in [3.05, 3.63) is 21.9 Å². The topological polar surface area (TPSA) is 3.24 Å². The summed E-state index contributed by atoms with van der Waals surface area (Å²) in [4.78, 5) is 5.53. The fraction of sp³-hybridized carbons (Fsp3) is 0.667. The molecule has 0 saturated carbocycles. The molecule has 1 nitrogen and oxygen atoms in total. The molecule has 0 aromatic carbocycles. The fourth-order valence-corrected chi connectivity index (χ4v) is 3.35. The predicted molar refractivity (Wildman–Crippen MR) is 67.8 cm³/mol. The van der Waals surface area contributed by atoms with Gasteiger partial charge in [-0.3, -0.25) is 4.90 Å². The van der Waals surface area contributed by atoms with E-state index in [0.717, 1.165) is 24.8 Å². The van der Waals surface area contributed by atoms with Crippen molar-refractivity contribution in [3.63, 3.8) is 0 Å². The molecule has 1 fully saturated rings. The quantitative estimate of drug-likeness (QED) is 0.733. The van der Waals surface area contributed by atoms with E-state index in [4.69, 9.17) is 11.6 Å². The minimum atomic E-state index is 0.720. The maximum Gasteiger partial charge on any atom is 0.0328 e.